The zero-order valence-electron chi connectivity index (χ0n) is 18.1. The Labute approximate surface area is 211 Å². The van der Waals surface area contributed by atoms with Crippen molar-refractivity contribution in [1.29, 1.82) is 0 Å². The molecule has 2 aliphatic heterocycles. The van der Waals surface area contributed by atoms with Crippen molar-refractivity contribution in [3.63, 3.8) is 0 Å². The fraction of sp³-hybridized carbons (Fsp3) is 0.231. The lowest BCUT2D eigenvalue weighted by molar-refractivity contribution is 0.463. The number of anilines is 1. The number of pyridine rings is 2. The Morgan fingerprint density at radius 1 is 0.853 bits per heavy atom. The third-order valence-electron chi connectivity index (χ3n) is 6.71. The fourth-order valence-corrected chi connectivity index (χ4v) is 5.96. The van der Waals surface area contributed by atoms with E-state index in [0.717, 1.165) is 48.4 Å². The Kier molecular flexibility index (Phi) is 5.53. The molecule has 5 nitrogen and oxygen atoms in total. The Morgan fingerprint density at radius 3 is 2.24 bits per heavy atom. The van der Waals surface area contributed by atoms with Gasteiger partial charge in [0.25, 0.3) is 5.56 Å². The predicted molar refractivity (Wildman–Crippen MR) is 140 cm³/mol. The number of fused-ring (bicyclic) bond motifs is 3. The largest absolute Gasteiger partial charge is 0.353 e. The van der Waals surface area contributed by atoms with Crippen LogP contribution >= 0.6 is 34.8 Å². The molecule has 2 saturated heterocycles. The van der Waals surface area contributed by atoms with Crippen molar-refractivity contribution < 1.29 is 0 Å². The Hall–Kier alpha value is -2.57. The molecule has 34 heavy (non-hydrogen) atoms. The Morgan fingerprint density at radius 2 is 1.53 bits per heavy atom. The highest BCUT2D eigenvalue weighted by molar-refractivity contribution is 6.38. The highest BCUT2D eigenvalue weighted by atomic mass is 35.5. The van der Waals surface area contributed by atoms with Crippen LogP contribution in [0.2, 0.25) is 15.1 Å². The first kappa shape index (κ1) is 21.9. The molecule has 2 unspecified atom stereocenters. The van der Waals surface area contributed by atoms with Crippen LogP contribution in [0.3, 0.4) is 0 Å². The van der Waals surface area contributed by atoms with Gasteiger partial charge in [-0.3, -0.25) is 9.36 Å². The van der Waals surface area contributed by atoms with Gasteiger partial charge in [-0.15, -0.1) is 0 Å². The van der Waals surface area contributed by atoms with E-state index in [9.17, 15) is 4.79 Å². The lowest BCUT2D eigenvalue weighted by atomic mass is 10.1. The van der Waals surface area contributed by atoms with Gasteiger partial charge in [0.05, 0.1) is 26.9 Å². The lowest BCUT2D eigenvalue weighted by Gasteiger charge is -2.34. The molecule has 4 aromatic rings. The normalized spacial score (nSPS) is 19.7. The maximum absolute atomic E-state index is 13.2. The lowest BCUT2D eigenvalue weighted by Crippen LogP contribution is -2.51. The summed E-state index contributed by atoms with van der Waals surface area (Å²) in [6.07, 6.45) is 2.32. The number of aromatic nitrogens is 2. The van der Waals surface area contributed by atoms with Crippen molar-refractivity contribution in [2.75, 3.05) is 18.0 Å². The third kappa shape index (κ3) is 3.68. The SMILES string of the molecule is O=c1ccc2c(-c3ccccc3Cl)nc(N3CC4CCC(C3)N4)cc2n1-c1c(Cl)cccc1Cl. The number of piperazine rings is 1. The second-order valence-electron chi connectivity index (χ2n) is 8.86. The summed E-state index contributed by atoms with van der Waals surface area (Å²) in [5, 5.41) is 5.86. The van der Waals surface area contributed by atoms with E-state index in [2.05, 4.69) is 10.2 Å². The average molecular weight is 512 g/mol. The summed E-state index contributed by atoms with van der Waals surface area (Å²) in [5.41, 5.74) is 2.47. The van der Waals surface area contributed by atoms with Crippen LogP contribution in [-0.4, -0.2) is 34.7 Å². The number of nitrogens with zero attached hydrogens (tertiary/aromatic N) is 3. The van der Waals surface area contributed by atoms with E-state index in [1.807, 2.05) is 30.3 Å². The van der Waals surface area contributed by atoms with Crippen LogP contribution in [0, 0.1) is 0 Å². The second-order valence-corrected chi connectivity index (χ2v) is 10.1. The smallest absolute Gasteiger partial charge is 0.255 e. The van der Waals surface area contributed by atoms with Crippen molar-refractivity contribution in [2.24, 2.45) is 0 Å². The van der Waals surface area contributed by atoms with E-state index >= 15 is 0 Å². The summed E-state index contributed by atoms with van der Waals surface area (Å²) in [7, 11) is 0. The van der Waals surface area contributed by atoms with Crippen molar-refractivity contribution in [1.82, 2.24) is 14.9 Å². The molecule has 8 heteroatoms. The van der Waals surface area contributed by atoms with Gasteiger partial charge in [0.2, 0.25) is 0 Å². The van der Waals surface area contributed by atoms with Crippen LogP contribution in [0.15, 0.2) is 65.5 Å². The van der Waals surface area contributed by atoms with Crippen LogP contribution in [-0.2, 0) is 0 Å². The van der Waals surface area contributed by atoms with E-state index in [-0.39, 0.29) is 5.56 Å². The van der Waals surface area contributed by atoms with E-state index in [0.29, 0.717) is 38.4 Å². The van der Waals surface area contributed by atoms with Crippen molar-refractivity contribution >= 4 is 51.5 Å². The van der Waals surface area contributed by atoms with Crippen LogP contribution in [0.5, 0.6) is 0 Å². The Balaban J connectivity index is 1.67. The average Bonchev–Trinajstić information content (AvgIpc) is 3.17. The van der Waals surface area contributed by atoms with Crippen LogP contribution in [0.4, 0.5) is 5.82 Å². The first-order chi connectivity index (χ1) is 16.5. The summed E-state index contributed by atoms with van der Waals surface area (Å²) < 4.78 is 1.59. The van der Waals surface area contributed by atoms with Gasteiger partial charge in [0.1, 0.15) is 5.82 Å². The number of para-hydroxylation sites is 1. The molecular formula is C26H21Cl3N4O. The standard InChI is InChI=1S/C26H21Cl3N4O/c27-19-5-2-1-4-17(19)25-18-10-11-24(34)33(26-20(28)6-3-7-21(26)29)22(18)12-23(31-25)32-13-15-8-9-16(14-32)30-15/h1-7,10-12,15-16,30H,8-9,13-14H2. The van der Waals surface area contributed by atoms with Gasteiger partial charge < -0.3 is 10.2 Å². The molecule has 4 heterocycles. The minimum absolute atomic E-state index is 0.217. The molecule has 2 atom stereocenters. The van der Waals surface area contributed by atoms with E-state index in [1.165, 1.54) is 6.07 Å². The zero-order valence-corrected chi connectivity index (χ0v) is 20.4. The van der Waals surface area contributed by atoms with Gasteiger partial charge in [0, 0.05) is 53.3 Å². The number of rotatable bonds is 3. The van der Waals surface area contributed by atoms with E-state index < -0.39 is 0 Å². The molecule has 0 amide bonds. The first-order valence-corrected chi connectivity index (χ1v) is 12.4. The van der Waals surface area contributed by atoms with Gasteiger partial charge in [-0.25, -0.2) is 4.98 Å². The second kappa shape index (κ2) is 8.58. The molecule has 0 saturated carbocycles. The minimum Gasteiger partial charge on any atom is -0.353 e. The number of nitrogens with one attached hydrogen (secondary N) is 1. The molecule has 2 aliphatic rings. The summed E-state index contributed by atoms with van der Waals surface area (Å²) in [5.74, 6) is 0.809. The maximum atomic E-state index is 13.2. The molecule has 2 bridgehead atoms. The molecule has 2 aromatic heterocycles. The molecule has 1 N–H and O–H groups in total. The molecule has 172 valence electrons. The molecule has 0 spiro atoms. The van der Waals surface area contributed by atoms with Crippen molar-refractivity contribution in [3.8, 4) is 16.9 Å². The van der Waals surface area contributed by atoms with Gasteiger partial charge in [-0.2, -0.15) is 0 Å². The van der Waals surface area contributed by atoms with Crippen LogP contribution in [0.1, 0.15) is 12.8 Å². The predicted octanol–water partition coefficient (Wildman–Crippen LogP) is 5.95. The summed E-state index contributed by atoms with van der Waals surface area (Å²) >= 11 is 19.7. The van der Waals surface area contributed by atoms with Gasteiger partial charge in [-0.05, 0) is 37.1 Å². The van der Waals surface area contributed by atoms with Crippen LogP contribution < -0.4 is 15.8 Å². The number of benzene rings is 2. The zero-order chi connectivity index (χ0) is 23.4. The Bertz CT molecular complexity index is 1450. The quantitative estimate of drug-likeness (QED) is 0.369. The third-order valence-corrected chi connectivity index (χ3v) is 7.65. The summed E-state index contributed by atoms with van der Waals surface area (Å²) in [6, 6.07) is 19.1. The number of halogens is 3. The maximum Gasteiger partial charge on any atom is 0.255 e. The van der Waals surface area contributed by atoms with Crippen molar-refractivity contribution in [2.45, 2.75) is 24.9 Å². The highest BCUT2D eigenvalue weighted by Crippen LogP contribution is 2.37. The van der Waals surface area contributed by atoms with Gasteiger partial charge >= 0.3 is 0 Å². The summed E-state index contributed by atoms with van der Waals surface area (Å²) in [4.78, 5) is 20.6. The van der Waals surface area contributed by atoms with Gasteiger partial charge in [0.15, 0.2) is 0 Å². The highest BCUT2D eigenvalue weighted by Gasteiger charge is 2.33. The summed E-state index contributed by atoms with van der Waals surface area (Å²) in [6.45, 7) is 1.72. The molecule has 2 aromatic carbocycles. The molecular weight excluding hydrogens is 491 g/mol. The fourth-order valence-electron chi connectivity index (χ4n) is 5.16. The minimum atomic E-state index is -0.217. The molecule has 2 fully saturated rings. The topological polar surface area (TPSA) is 50.2 Å². The molecule has 6 rings (SSSR count). The van der Waals surface area contributed by atoms with Crippen molar-refractivity contribution in [3.05, 3.63) is 86.1 Å². The van der Waals surface area contributed by atoms with E-state index in [4.69, 9.17) is 39.8 Å². The monoisotopic (exact) mass is 510 g/mol. The number of hydrogen-bond donors (Lipinski definition) is 1. The van der Waals surface area contributed by atoms with Gasteiger partial charge in [-0.1, -0.05) is 59.1 Å². The molecule has 0 aliphatic carbocycles. The first-order valence-electron chi connectivity index (χ1n) is 11.3. The number of hydrogen-bond acceptors (Lipinski definition) is 4. The molecule has 0 radical (unpaired) electrons. The van der Waals surface area contributed by atoms with Crippen LogP contribution in [0.25, 0.3) is 27.8 Å². The van der Waals surface area contributed by atoms with E-state index in [1.54, 1.807) is 28.8 Å².